The van der Waals surface area contributed by atoms with Gasteiger partial charge in [0.05, 0.1) is 26.3 Å². The number of hydrogen-bond acceptors (Lipinski definition) is 4. The van der Waals surface area contributed by atoms with Crippen molar-refractivity contribution >= 4 is 34.6 Å². The molecule has 7 heteroatoms. The Morgan fingerprint density at radius 2 is 1.79 bits per heavy atom. The van der Waals surface area contributed by atoms with Crippen LogP contribution in [-0.2, 0) is 0 Å². The lowest BCUT2D eigenvalue weighted by atomic mass is 9.97. The molecular formula is C12H16Cl2N2O3. The van der Waals surface area contributed by atoms with Crippen molar-refractivity contribution in [3.8, 4) is 0 Å². The average molecular weight is 307 g/mol. The molecule has 0 bridgehead atoms. The first-order valence-electron chi connectivity index (χ1n) is 5.92. The summed E-state index contributed by atoms with van der Waals surface area (Å²) in [4.78, 5) is 10.1. The molecule has 1 aromatic carbocycles. The van der Waals surface area contributed by atoms with Crippen LogP contribution in [-0.4, -0.2) is 22.2 Å². The van der Waals surface area contributed by atoms with E-state index >= 15 is 0 Å². The van der Waals surface area contributed by atoms with Gasteiger partial charge in [0.2, 0.25) is 0 Å². The van der Waals surface area contributed by atoms with E-state index in [9.17, 15) is 15.2 Å². The number of halogens is 2. The summed E-state index contributed by atoms with van der Waals surface area (Å²) >= 11 is 11.9. The Bertz CT molecular complexity index is 453. The molecule has 0 amide bonds. The molecular weight excluding hydrogens is 291 g/mol. The first-order chi connectivity index (χ1) is 8.83. The van der Waals surface area contributed by atoms with Crippen LogP contribution < -0.4 is 5.32 Å². The van der Waals surface area contributed by atoms with Crippen molar-refractivity contribution in [2.75, 3.05) is 11.9 Å². The van der Waals surface area contributed by atoms with Crippen LogP contribution in [0, 0.1) is 10.1 Å². The third-order valence-corrected chi connectivity index (χ3v) is 3.74. The number of aliphatic hydroxyl groups is 1. The molecule has 0 unspecified atom stereocenters. The molecule has 0 saturated heterocycles. The third-order valence-electron chi connectivity index (χ3n) is 3.15. The minimum Gasteiger partial charge on any atom is -0.388 e. The van der Waals surface area contributed by atoms with Gasteiger partial charge in [-0.25, -0.2) is 0 Å². The highest BCUT2D eigenvalue weighted by atomic mass is 35.5. The number of non-ortho nitro benzene ring substituents is 1. The molecule has 5 nitrogen and oxygen atoms in total. The Kier molecular flexibility index (Phi) is 5.40. The van der Waals surface area contributed by atoms with Crippen LogP contribution in [0.2, 0.25) is 10.0 Å². The smallest absolute Gasteiger partial charge is 0.272 e. The summed E-state index contributed by atoms with van der Waals surface area (Å²) < 4.78 is 0. The molecule has 0 saturated carbocycles. The zero-order chi connectivity index (χ0) is 14.6. The van der Waals surface area contributed by atoms with Crippen LogP contribution in [0.5, 0.6) is 0 Å². The Morgan fingerprint density at radius 1 is 1.32 bits per heavy atom. The molecule has 0 aliphatic rings. The maximum Gasteiger partial charge on any atom is 0.272 e. The molecule has 2 N–H and O–H groups in total. The molecule has 0 aliphatic carbocycles. The average Bonchev–Trinajstić information content (AvgIpc) is 2.37. The monoisotopic (exact) mass is 306 g/mol. The van der Waals surface area contributed by atoms with Crippen LogP contribution >= 0.6 is 23.2 Å². The van der Waals surface area contributed by atoms with Gasteiger partial charge in [0.15, 0.2) is 0 Å². The van der Waals surface area contributed by atoms with E-state index in [2.05, 4.69) is 5.32 Å². The topological polar surface area (TPSA) is 75.4 Å². The van der Waals surface area contributed by atoms with Crippen molar-refractivity contribution < 1.29 is 10.0 Å². The van der Waals surface area contributed by atoms with Crippen LogP contribution in [0.4, 0.5) is 11.4 Å². The number of nitrogens with one attached hydrogen (secondary N) is 1. The molecule has 0 atom stereocenters. The van der Waals surface area contributed by atoms with E-state index in [-0.39, 0.29) is 22.3 Å². The van der Waals surface area contributed by atoms with Gasteiger partial charge < -0.3 is 10.4 Å². The lowest BCUT2D eigenvalue weighted by Gasteiger charge is -2.26. The van der Waals surface area contributed by atoms with E-state index in [0.717, 1.165) is 0 Å². The highest BCUT2D eigenvalue weighted by Gasteiger charge is 2.23. The Morgan fingerprint density at radius 3 is 2.16 bits per heavy atom. The number of anilines is 1. The summed E-state index contributed by atoms with van der Waals surface area (Å²) in [6.45, 7) is 4.03. The van der Waals surface area contributed by atoms with E-state index < -0.39 is 10.5 Å². The van der Waals surface area contributed by atoms with Crippen molar-refractivity contribution in [1.82, 2.24) is 0 Å². The summed E-state index contributed by atoms with van der Waals surface area (Å²) in [5.74, 6) is 0. The quantitative estimate of drug-likeness (QED) is 0.618. The highest BCUT2D eigenvalue weighted by molar-refractivity contribution is 6.39. The van der Waals surface area contributed by atoms with Crippen molar-refractivity contribution in [3.05, 3.63) is 32.3 Å². The number of nitrogens with zero attached hydrogens (tertiary/aromatic N) is 1. The summed E-state index contributed by atoms with van der Waals surface area (Å²) in [5, 5.41) is 24.1. The minimum atomic E-state index is -0.853. The van der Waals surface area contributed by atoms with Gasteiger partial charge in [0, 0.05) is 18.7 Å². The first kappa shape index (κ1) is 16.0. The fourth-order valence-corrected chi connectivity index (χ4v) is 2.20. The zero-order valence-electron chi connectivity index (χ0n) is 10.7. The maximum atomic E-state index is 10.7. The van der Waals surface area contributed by atoms with Crippen molar-refractivity contribution in [1.29, 1.82) is 0 Å². The van der Waals surface area contributed by atoms with Gasteiger partial charge in [-0.1, -0.05) is 37.0 Å². The maximum absolute atomic E-state index is 10.7. The number of benzene rings is 1. The third kappa shape index (κ3) is 3.96. The normalized spacial score (nSPS) is 11.4. The summed E-state index contributed by atoms with van der Waals surface area (Å²) in [6, 6.07) is 2.46. The van der Waals surface area contributed by atoms with E-state index in [4.69, 9.17) is 23.2 Å². The number of hydrogen-bond donors (Lipinski definition) is 2. The second-order valence-corrected chi connectivity index (χ2v) is 5.14. The Labute approximate surface area is 121 Å². The van der Waals surface area contributed by atoms with Gasteiger partial charge >= 0.3 is 0 Å². The van der Waals surface area contributed by atoms with Crippen LogP contribution in [0.3, 0.4) is 0 Å². The predicted octanol–water partition coefficient (Wildman–Crippen LogP) is 3.86. The van der Waals surface area contributed by atoms with Crippen LogP contribution in [0.25, 0.3) is 0 Å². The number of nitro benzene ring substituents is 1. The van der Waals surface area contributed by atoms with E-state index in [0.29, 0.717) is 18.5 Å². The SMILES string of the molecule is CCC(O)(CC)CNc1c(Cl)cc([N+](=O)[O-])cc1Cl. The van der Waals surface area contributed by atoms with Gasteiger partial charge in [-0.3, -0.25) is 10.1 Å². The summed E-state index contributed by atoms with van der Waals surface area (Å²) in [7, 11) is 0. The largest absolute Gasteiger partial charge is 0.388 e. The zero-order valence-corrected chi connectivity index (χ0v) is 12.3. The summed E-state index contributed by atoms with van der Waals surface area (Å²) in [6.07, 6.45) is 1.16. The standard InChI is InChI=1S/C12H16Cl2N2O3/c1-3-12(17,4-2)7-15-11-9(13)5-8(16(18)19)6-10(11)14/h5-6,15,17H,3-4,7H2,1-2H3. The van der Waals surface area contributed by atoms with Crippen molar-refractivity contribution in [3.63, 3.8) is 0 Å². The summed E-state index contributed by atoms with van der Waals surface area (Å²) in [5.41, 5.74) is -0.620. The van der Waals surface area contributed by atoms with Gasteiger partial charge in [0.1, 0.15) is 0 Å². The fraction of sp³-hybridized carbons (Fsp3) is 0.500. The fourth-order valence-electron chi connectivity index (χ4n) is 1.59. The van der Waals surface area contributed by atoms with Gasteiger partial charge in [-0.2, -0.15) is 0 Å². The molecule has 0 aromatic heterocycles. The lowest BCUT2D eigenvalue weighted by Crippen LogP contribution is -2.35. The van der Waals surface area contributed by atoms with Gasteiger partial charge in [-0.15, -0.1) is 0 Å². The first-order valence-corrected chi connectivity index (χ1v) is 6.68. The molecule has 0 fully saturated rings. The number of nitro groups is 1. The van der Waals surface area contributed by atoms with E-state index in [1.165, 1.54) is 12.1 Å². The lowest BCUT2D eigenvalue weighted by molar-refractivity contribution is -0.384. The molecule has 0 heterocycles. The van der Waals surface area contributed by atoms with E-state index in [1.807, 2.05) is 13.8 Å². The minimum absolute atomic E-state index is 0.161. The Balaban J connectivity index is 2.94. The highest BCUT2D eigenvalue weighted by Crippen LogP contribution is 2.35. The van der Waals surface area contributed by atoms with Crippen LogP contribution in [0.1, 0.15) is 26.7 Å². The molecule has 0 aliphatic heterocycles. The van der Waals surface area contributed by atoms with Crippen molar-refractivity contribution in [2.45, 2.75) is 32.3 Å². The Hall–Kier alpha value is -1.04. The second-order valence-electron chi connectivity index (χ2n) is 4.33. The molecule has 106 valence electrons. The predicted molar refractivity (Wildman–Crippen MR) is 77.1 cm³/mol. The molecule has 0 spiro atoms. The van der Waals surface area contributed by atoms with Gasteiger partial charge in [-0.05, 0) is 12.8 Å². The molecule has 19 heavy (non-hydrogen) atoms. The molecule has 1 rings (SSSR count). The molecule has 0 radical (unpaired) electrons. The molecule has 1 aromatic rings. The van der Waals surface area contributed by atoms with Gasteiger partial charge in [0.25, 0.3) is 5.69 Å². The van der Waals surface area contributed by atoms with E-state index in [1.54, 1.807) is 0 Å². The number of rotatable bonds is 6. The second kappa shape index (κ2) is 6.41. The van der Waals surface area contributed by atoms with Crippen molar-refractivity contribution in [2.24, 2.45) is 0 Å². The van der Waals surface area contributed by atoms with Crippen LogP contribution in [0.15, 0.2) is 12.1 Å².